The van der Waals surface area contributed by atoms with Gasteiger partial charge in [0.1, 0.15) is 5.75 Å². The maximum absolute atomic E-state index is 5.86. The van der Waals surface area contributed by atoms with Gasteiger partial charge in [-0.1, -0.05) is 12.1 Å². The van der Waals surface area contributed by atoms with Gasteiger partial charge >= 0.3 is 0 Å². The maximum atomic E-state index is 5.86. The van der Waals surface area contributed by atoms with E-state index in [1.54, 1.807) is 0 Å². The number of ether oxygens (including phenoxy) is 1. The molecule has 1 aliphatic heterocycles. The molecule has 2 rings (SSSR count). The Kier molecular flexibility index (Phi) is 3.27. The monoisotopic (exact) mass is 205 g/mol. The van der Waals surface area contributed by atoms with Crippen LogP contribution in [0, 0.1) is 19.8 Å². The molecule has 15 heavy (non-hydrogen) atoms. The average Bonchev–Trinajstić information content (AvgIpc) is 2.73. The third-order valence-electron chi connectivity index (χ3n) is 3.19. The smallest absolute Gasteiger partial charge is 0.122 e. The molecule has 1 fully saturated rings. The summed E-state index contributed by atoms with van der Waals surface area (Å²) in [6.45, 7) is 7.33. The zero-order valence-corrected chi connectivity index (χ0v) is 9.55. The van der Waals surface area contributed by atoms with Gasteiger partial charge in [-0.3, -0.25) is 0 Å². The van der Waals surface area contributed by atoms with Crippen LogP contribution in [0.3, 0.4) is 0 Å². The molecule has 82 valence electrons. The molecule has 1 N–H and O–H groups in total. The van der Waals surface area contributed by atoms with E-state index >= 15 is 0 Å². The summed E-state index contributed by atoms with van der Waals surface area (Å²) < 4.78 is 5.86. The minimum Gasteiger partial charge on any atom is -0.493 e. The Hall–Kier alpha value is -1.02. The van der Waals surface area contributed by atoms with E-state index in [9.17, 15) is 0 Å². The molecule has 0 amide bonds. The van der Waals surface area contributed by atoms with Crippen molar-refractivity contribution < 1.29 is 4.74 Å². The maximum Gasteiger partial charge on any atom is 0.122 e. The summed E-state index contributed by atoms with van der Waals surface area (Å²) >= 11 is 0. The van der Waals surface area contributed by atoms with Crippen LogP contribution in [0.2, 0.25) is 0 Å². The molecule has 1 atom stereocenters. The van der Waals surface area contributed by atoms with Crippen LogP contribution in [0.4, 0.5) is 0 Å². The fraction of sp³-hybridized carbons (Fsp3) is 0.538. The van der Waals surface area contributed by atoms with Crippen LogP contribution in [0.5, 0.6) is 5.75 Å². The molecule has 1 saturated heterocycles. The second-order valence-corrected chi connectivity index (χ2v) is 4.37. The van der Waals surface area contributed by atoms with Gasteiger partial charge in [0.15, 0.2) is 0 Å². The lowest BCUT2D eigenvalue weighted by Crippen LogP contribution is -2.15. The molecule has 1 aromatic rings. The number of rotatable bonds is 3. The van der Waals surface area contributed by atoms with Crippen molar-refractivity contribution in [1.82, 2.24) is 5.32 Å². The van der Waals surface area contributed by atoms with Crippen LogP contribution < -0.4 is 10.1 Å². The third-order valence-corrected chi connectivity index (χ3v) is 3.19. The Balaban J connectivity index is 1.95. The summed E-state index contributed by atoms with van der Waals surface area (Å²) in [6.07, 6.45) is 1.24. The van der Waals surface area contributed by atoms with Crippen LogP contribution in [-0.4, -0.2) is 19.7 Å². The molecule has 0 unspecified atom stereocenters. The highest BCUT2D eigenvalue weighted by Gasteiger charge is 2.15. The zero-order valence-electron chi connectivity index (χ0n) is 9.55. The fourth-order valence-electron chi connectivity index (χ4n) is 1.94. The Morgan fingerprint density at radius 3 is 3.00 bits per heavy atom. The van der Waals surface area contributed by atoms with Crippen LogP contribution in [0.15, 0.2) is 18.2 Å². The summed E-state index contributed by atoms with van der Waals surface area (Å²) in [5.74, 6) is 1.73. The lowest BCUT2D eigenvalue weighted by atomic mass is 10.1. The fourth-order valence-corrected chi connectivity index (χ4v) is 1.94. The highest BCUT2D eigenvalue weighted by Crippen LogP contribution is 2.21. The molecule has 0 spiro atoms. The molecule has 0 radical (unpaired) electrons. The van der Waals surface area contributed by atoms with E-state index in [2.05, 4.69) is 37.4 Å². The first-order chi connectivity index (χ1) is 7.27. The van der Waals surface area contributed by atoms with Gasteiger partial charge in [-0.2, -0.15) is 0 Å². The van der Waals surface area contributed by atoms with E-state index in [-0.39, 0.29) is 0 Å². The van der Waals surface area contributed by atoms with Crippen LogP contribution >= 0.6 is 0 Å². The Morgan fingerprint density at radius 1 is 1.40 bits per heavy atom. The molecular weight excluding hydrogens is 186 g/mol. The molecule has 0 saturated carbocycles. The van der Waals surface area contributed by atoms with Crippen molar-refractivity contribution in [2.45, 2.75) is 20.3 Å². The Morgan fingerprint density at radius 2 is 2.27 bits per heavy atom. The van der Waals surface area contributed by atoms with E-state index in [4.69, 9.17) is 4.74 Å². The van der Waals surface area contributed by atoms with Crippen LogP contribution in [-0.2, 0) is 0 Å². The van der Waals surface area contributed by atoms with Crippen molar-refractivity contribution in [3.63, 3.8) is 0 Å². The first-order valence-electron chi connectivity index (χ1n) is 5.67. The van der Waals surface area contributed by atoms with Crippen molar-refractivity contribution in [1.29, 1.82) is 0 Å². The Labute approximate surface area is 91.6 Å². The number of benzene rings is 1. The molecule has 2 nitrogen and oxygen atoms in total. The molecule has 1 aromatic carbocycles. The standard InChI is InChI=1S/C13H19NO/c1-10-4-3-5-13(11(10)2)15-9-12-6-7-14-8-12/h3-5,12,14H,6-9H2,1-2H3/t12-/m1/s1. The third kappa shape index (κ3) is 2.51. The second-order valence-electron chi connectivity index (χ2n) is 4.37. The van der Waals surface area contributed by atoms with Gasteiger partial charge in [0.25, 0.3) is 0 Å². The van der Waals surface area contributed by atoms with E-state index in [1.165, 1.54) is 17.5 Å². The summed E-state index contributed by atoms with van der Waals surface area (Å²) in [5.41, 5.74) is 2.57. The average molecular weight is 205 g/mol. The minimum absolute atomic E-state index is 0.685. The lowest BCUT2D eigenvalue weighted by molar-refractivity contribution is 0.258. The lowest BCUT2D eigenvalue weighted by Gasteiger charge is -2.13. The number of nitrogens with one attached hydrogen (secondary N) is 1. The quantitative estimate of drug-likeness (QED) is 0.817. The van der Waals surface area contributed by atoms with Gasteiger partial charge in [0, 0.05) is 12.5 Å². The van der Waals surface area contributed by atoms with E-state index in [1.807, 2.05) is 0 Å². The van der Waals surface area contributed by atoms with Crippen molar-refractivity contribution in [3.8, 4) is 5.75 Å². The number of hydrogen-bond acceptors (Lipinski definition) is 2. The molecule has 1 heterocycles. The summed E-state index contributed by atoms with van der Waals surface area (Å²) in [6, 6.07) is 6.24. The molecule has 0 bridgehead atoms. The van der Waals surface area contributed by atoms with Gasteiger partial charge in [0.2, 0.25) is 0 Å². The van der Waals surface area contributed by atoms with Crippen LogP contribution in [0.1, 0.15) is 17.5 Å². The van der Waals surface area contributed by atoms with Gasteiger partial charge < -0.3 is 10.1 Å². The summed E-state index contributed by atoms with van der Waals surface area (Å²) in [4.78, 5) is 0. The highest BCUT2D eigenvalue weighted by molar-refractivity contribution is 5.38. The number of hydrogen-bond donors (Lipinski definition) is 1. The predicted octanol–water partition coefficient (Wildman–Crippen LogP) is 2.29. The van der Waals surface area contributed by atoms with Gasteiger partial charge in [-0.05, 0) is 44.0 Å². The van der Waals surface area contributed by atoms with E-state index in [0.717, 1.165) is 25.4 Å². The van der Waals surface area contributed by atoms with Gasteiger partial charge in [-0.15, -0.1) is 0 Å². The van der Waals surface area contributed by atoms with E-state index in [0.29, 0.717) is 5.92 Å². The first kappa shape index (κ1) is 10.5. The molecule has 1 aliphatic rings. The largest absolute Gasteiger partial charge is 0.493 e. The van der Waals surface area contributed by atoms with E-state index < -0.39 is 0 Å². The van der Waals surface area contributed by atoms with Crippen molar-refractivity contribution in [2.75, 3.05) is 19.7 Å². The second kappa shape index (κ2) is 4.67. The Bertz CT molecular complexity index is 329. The normalized spacial score (nSPS) is 20.5. The number of aryl methyl sites for hydroxylation is 1. The zero-order chi connectivity index (χ0) is 10.7. The van der Waals surface area contributed by atoms with Gasteiger partial charge in [0.05, 0.1) is 6.61 Å². The molecule has 0 aromatic heterocycles. The molecule has 2 heteroatoms. The first-order valence-corrected chi connectivity index (χ1v) is 5.67. The minimum atomic E-state index is 0.685. The summed E-state index contributed by atoms with van der Waals surface area (Å²) in [5, 5.41) is 3.35. The van der Waals surface area contributed by atoms with Crippen molar-refractivity contribution in [3.05, 3.63) is 29.3 Å². The van der Waals surface area contributed by atoms with Gasteiger partial charge in [-0.25, -0.2) is 0 Å². The molecular formula is C13H19NO. The van der Waals surface area contributed by atoms with Crippen molar-refractivity contribution >= 4 is 0 Å². The molecule has 0 aliphatic carbocycles. The topological polar surface area (TPSA) is 21.3 Å². The summed E-state index contributed by atoms with van der Waals surface area (Å²) in [7, 11) is 0. The predicted molar refractivity (Wildman–Crippen MR) is 62.4 cm³/mol. The van der Waals surface area contributed by atoms with Crippen LogP contribution in [0.25, 0.3) is 0 Å². The van der Waals surface area contributed by atoms with Crippen molar-refractivity contribution in [2.24, 2.45) is 5.92 Å². The highest BCUT2D eigenvalue weighted by atomic mass is 16.5. The SMILES string of the molecule is Cc1cccc(OC[C@@H]2CCNC2)c1C.